The van der Waals surface area contributed by atoms with E-state index < -0.39 is 0 Å². The number of amides is 1. The predicted molar refractivity (Wildman–Crippen MR) is 117 cm³/mol. The Balaban J connectivity index is 1.35. The van der Waals surface area contributed by atoms with Crippen LogP contribution >= 0.6 is 11.6 Å². The average molecular weight is 427 g/mol. The van der Waals surface area contributed by atoms with E-state index in [4.69, 9.17) is 16.3 Å². The fourth-order valence-electron chi connectivity index (χ4n) is 3.71. The number of hydrogen-bond donors (Lipinski definition) is 0. The fourth-order valence-corrected chi connectivity index (χ4v) is 3.87. The number of allylic oxidation sites excluding steroid dienone is 2. The molecule has 1 saturated heterocycles. The molecule has 156 valence electrons. The van der Waals surface area contributed by atoms with Gasteiger partial charge in [0.15, 0.2) is 0 Å². The van der Waals surface area contributed by atoms with Crippen molar-refractivity contribution in [2.45, 2.75) is 19.4 Å². The van der Waals surface area contributed by atoms with Crippen LogP contribution in [0.4, 0.5) is 4.39 Å². The molecule has 2 aliphatic heterocycles. The summed E-state index contributed by atoms with van der Waals surface area (Å²) in [5.41, 5.74) is 2.74. The largest absolute Gasteiger partial charge is 0.492 e. The molecule has 0 bridgehead atoms. The number of benzene rings is 2. The van der Waals surface area contributed by atoms with Crippen LogP contribution in [0.5, 0.6) is 5.75 Å². The highest BCUT2D eigenvalue weighted by atomic mass is 35.5. The van der Waals surface area contributed by atoms with Crippen LogP contribution in [0.25, 0.3) is 5.57 Å². The van der Waals surface area contributed by atoms with Crippen LogP contribution in [0.3, 0.4) is 0 Å². The average Bonchev–Trinajstić information content (AvgIpc) is 3.16. The Labute approximate surface area is 181 Å². The quantitative estimate of drug-likeness (QED) is 0.631. The van der Waals surface area contributed by atoms with E-state index in [0.29, 0.717) is 36.7 Å². The van der Waals surface area contributed by atoms with Crippen molar-refractivity contribution in [3.8, 4) is 5.75 Å². The van der Waals surface area contributed by atoms with E-state index in [1.807, 2.05) is 35.4 Å². The molecule has 2 aromatic rings. The Morgan fingerprint density at radius 2 is 1.97 bits per heavy atom. The molecule has 0 saturated carbocycles. The van der Waals surface area contributed by atoms with Crippen LogP contribution < -0.4 is 4.74 Å². The molecule has 0 radical (unpaired) electrons. The molecule has 0 atom stereocenters. The highest BCUT2D eigenvalue weighted by Gasteiger charge is 2.19. The minimum absolute atomic E-state index is 0.216. The molecule has 2 aliphatic rings. The summed E-state index contributed by atoms with van der Waals surface area (Å²) in [5, 5.41) is 0.403. The zero-order chi connectivity index (χ0) is 20.9. The zero-order valence-corrected chi connectivity index (χ0v) is 17.4. The monoisotopic (exact) mass is 426 g/mol. The predicted octanol–water partition coefficient (Wildman–Crippen LogP) is 4.89. The number of ether oxygens (including phenoxy) is 1. The van der Waals surface area contributed by atoms with Crippen molar-refractivity contribution in [2.24, 2.45) is 0 Å². The molecule has 0 unspecified atom stereocenters. The highest BCUT2D eigenvalue weighted by Crippen LogP contribution is 2.24. The second-order valence-corrected chi connectivity index (χ2v) is 7.95. The van der Waals surface area contributed by atoms with Gasteiger partial charge >= 0.3 is 0 Å². The van der Waals surface area contributed by atoms with Gasteiger partial charge in [0, 0.05) is 42.8 Å². The topological polar surface area (TPSA) is 32.8 Å². The third-order valence-corrected chi connectivity index (χ3v) is 5.57. The molecular formula is C24H24ClFN2O2. The maximum absolute atomic E-state index is 14.1. The molecule has 0 aromatic heterocycles. The third-order valence-electron chi connectivity index (χ3n) is 5.34. The van der Waals surface area contributed by atoms with Crippen LogP contribution in [0.15, 0.2) is 60.8 Å². The highest BCUT2D eigenvalue weighted by molar-refractivity contribution is 6.30. The van der Waals surface area contributed by atoms with Crippen LogP contribution in [0.1, 0.15) is 24.0 Å². The summed E-state index contributed by atoms with van der Waals surface area (Å²) >= 11 is 5.84. The first-order valence-electron chi connectivity index (χ1n) is 10.2. The molecule has 4 rings (SSSR count). The number of likely N-dealkylation sites (tertiary alicyclic amines) is 1. The summed E-state index contributed by atoms with van der Waals surface area (Å²) in [4.78, 5) is 15.6. The Bertz CT molecular complexity index is 972. The fraction of sp³-hybridized carbons (Fsp3) is 0.292. The van der Waals surface area contributed by atoms with E-state index in [1.54, 1.807) is 12.1 Å². The summed E-state index contributed by atoms with van der Waals surface area (Å²) in [6.07, 6.45) is 7.78. The molecule has 0 spiro atoms. The molecule has 0 aliphatic carbocycles. The summed E-state index contributed by atoms with van der Waals surface area (Å²) < 4.78 is 19.9. The van der Waals surface area contributed by atoms with E-state index in [2.05, 4.69) is 17.1 Å². The van der Waals surface area contributed by atoms with Gasteiger partial charge in [-0.1, -0.05) is 42.0 Å². The Morgan fingerprint density at radius 1 is 1.13 bits per heavy atom. The van der Waals surface area contributed by atoms with Crippen molar-refractivity contribution in [1.29, 1.82) is 0 Å². The van der Waals surface area contributed by atoms with Crippen LogP contribution in [-0.2, 0) is 11.3 Å². The second-order valence-electron chi connectivity index (χ2n) is 7.51. The van der Waals surface area contributed by atoms with Gasteiger partial charge in [-0.3, -0.25) is 4.79 Å². The van der Waals surface area contributed by atoms with Crippen molar-refractivity contribution in [3.63, 3.8) is 0 Å². The summed E-state index contributed by atoms with van der Waals surface area (Å²) in [6.45, 7) is 3.16. The SMILES string of the molecule is O=C1CCCN1CCOc1ccc(C2=CN(Cc3ccc(Cl)cc3F)CC=C2)cc1. The van der Waals surface area contributed by atoms with E-state index in [0.717, 1.165) is 36.4 Å². The molecule has 0 N–H and O–H groups in total. The molecule has 2 heterocycles. The van der Waals surface area contributed by atoms with E-state index in [-0.39, 0.29) is 11.7 Å². The molecule has 4 nitrogen and oxygen atoms in total. The normalized spacial score (nSPS) is 16.2. The summed E-state index contributed by atoms with van der Waals surface area (Å²) in [7, 11) is 0. The lowest BCUT2D eigenvalue weighted by Crippen LogP contribution is -2.29. The number of halogens is 2. The molecular weight excluding hydrogens is 403 g/mol. The smallest absolute Gasteiger partial charge is 0.222 e. The van der Waals surface area contributed by atoms with Crippen LogP contribution in [0.2, 0.25) is 5.02 Å². The second kappa shape index (κ2) is 9.35. The van der Waals surface area contributed by atoms with Crippen LogP contribution in [-0.4, -0.2) is 41.9 Å². The van der Waals surface area contributed by atoms with Crippen molar-refractivity contribution in [2.75, 3.05) is 26.2 Å². The molecule has 2 aromatic carbocycles. The van der Waals surface area contributed by atoms with Crippen LogP contribution in [0, 0.1) is 5.82 Å². The maximum atomic E-state index is 14.1. The third kappa shape index (κ3) is 5.03. The zero-order valence-electron chi connectivity index (χ0n) is 16.7. The number of nitrogens with zero attached hydrogens (tertiary/aromatic N) is 2. The van der Waals surface area contributed by atoms with Crippen molar-refractivity contribution in [3.05, 3.63) is 82.8 Å². The first-order chi connectivity index (χ1) is 14.6. The molecule has 6 heteroatoms. The lowest BCUT2D eigenvalue weighted by atomic mass is 10.0. The van der Waals surface area contributed by atoms with Gasteiger partial charge in [-0.15, -0.1) is 0 Å². The van der Waals surface area contributed by atoms with Crippen molar-refractivity contribution < 1.29 is 13.9 Å². The standard InChI is InChI=1S/C24H24ClFN2O2/c25-21-8-5-20(23(26)15-21)17-27-11-1-3-19(16-27)18-6-9-22(10-7-18)30-14-13-28-12-2-4-24(28)29/h1,3,5-10,15-16H,2,4,11-14,17H2. The Hall–Kier alpha value is -2.79. The van der Waals surface area contributed by atoms with Gasteiger partial charge in [0.25, 0.3) is 0 Å². The molecule has 30 heavy (non-hydrogen) atoms. The van der Waals surface area contributed by atoms with Gasteiger partial charge in [-0.25, -0.2) is 4.39 Å². The number of hydrogen-bond acceptors (Lipinski definition) is 3. The summed E-state index contributed by atoms with van der Waals surface area (Å²) in [6, 6.07) is 12.7. The van der Waals surface area contributed by atoms with Gasteiger partial charge in [0.2, 0.25) is 5.91 Å². The first-order valence-corrected chi connectivity index (χ1v) is 10.5. The Morgan fingerprint density at radius 3 is 2.70 bits per heavy atom. The summed E-state index contributed by atoms with van der Waals surface area (Å²) in [5.74, 6) is 0.711. The molecule has 1 fully saturated rings. The van der Waals surface area contributed by atoms with Gasteiger partial charge < -0.3 is 14.5 Å². The number of carbonyl (C=O) groups is 1. The van der Waals surface area contributed by atoms with E-state index in [9.17, 15) is 9.18 Å². The number of rotatable bonds is 7. The molecule has 1 amide bonds. The lowest BCUT2D eigenvalue weighted by molar-refractivity contribution is -0.128. The van der Waals surface area contributed by atoms with Gasteiger partial charge in [0.05, 0.1) is 6.54 Å². The lowest BCUT2D eigenvalue weighted by Gasteiger charge is -2.24. The van der Waals surface area contributed by atoms with Gasteiger partial charge in [0.1, 0.15) is 18.2 Å². The minimum Gasteiger partial charge on any atom is -0.492 e. The van der Waals surface area contributed by atoms with Crippen molar-refractivity contribution >= 4 is 23.1 Å². The van der Waals surface area contributed by atoms with E-state index in [1.165, 1.54) is 6.07 Å². The van der Waals surface area contributed by atoms with E-state index >= 15 is 0 Å². The van der Waals surface area contributed by atoms with Gasteiger partial charge in [-0.05, 0) is 41.8 Å². The minimum atomic E-state index is -0.288. The Kier molecular flexibility index (Phi) is 6.38. The maximum Gasteiger partial charge on any atom is 0.222 e. The number of carbonyl (C=O) groups excluding carboxylic acids is 1. The first kappa shape index (κ1) is 20.5. The van der Waals surface area contributed by atoms with Crippen molar-refractivity contribution in [1.82, 2.24) is 9.80 Å². The van der Waals surface area contributed by atoms with Gasteiger partial charge in [-0.2, -0.15) is 0 Å².